The van der Waals surface area contributed by atoms with Crippen molar-refractivity contribution in [3.8, 4) is 0 Å². The first-order valence-electron chi connectivity index (χ1n) is 10.2. The maximum absolute atomic E-state index is 12.8. The molecule has 1 aromatic carbocycles. The van der Waals surface area contributed by atoms with Crippen LogP contribution in [0.1, 0.15) is 56.4 Å². The first-order valence-corrected chi connectivity index (χ1v) is 11.0. The van der Waals surface area contributed by atoms with Crippen molar-refractivity contribution in [3.05, 3.63) is 29.3 Å². The maximum atomic E-state index is 12.8. The molecule has 1 amide bonds. The van der Waals surface area contributed by atoms with Crippen LogP contribution in [-0.2, 0) is 4.79 Å². The average Bonchev–Trinajstić information content (AvgIpc) is 3.12. The Labute approximate surface area is 160 Å². The SMILES string of the molecule is CC[C@H]1CCCCN1C(=O)C[NH+]1CCC(c2nc3ccccc3s2)CC1. The van der Waals surface area contributed by atoms with Crippen molar-refractivity contribution in [2.75, 3.05) is 26.2 Å². The van der Waals surface area contributed by atoms with Gasteiger partial charge in [0, 0.05) is 31.3 Å². The molecule has 1 aromatic heterocycles. The first-order chi connectivity index (χ1) is 12.7. The summed E-state index contributed by atoms with van der Waals surface area (Å²) in [5, 5.41) is 1.29. The van der Waals surface area contributed by atoms with Crippen molar-refractivity contribution in [1.82, 2.24) is 9.88 Å². The van der Waals surface area contributed by atoms with Gasteiger partial charge in [-0.1, -0.05) is 19.1 Å². The Bertz CT molecular complexity index is 718. The van der Waals surface area contributed by atoms with Gasteiger partial charge in [0.25, 0.3) is 5.91 Å². The number of thiazole rings is 1. The fourth-order valence-electron chi connectivity index (χ4n) is 4.58. The van der Waals surface area contributed by atoms with Gasteiger partial charge in [0.15, 0.2) is 6.54 Å². The number of quaternary nitrogens is 1. The molecule has 2 aliphatic heterocycles. The highest BCUT2D eigenvalue weighted by Gasteiger charge is 2.31. The lowest BCUT2D eigenvalue weighted by atomic mass is 9.97. The number of carbonyl (C=O) groups is 1. The molecule has 5 heteroatoms. The summed E-state index contributed by atoms with van der Waals surface area (Å²) < 4.78 is 1.29. The number of likely N-dealkylation sites (tertiary alicyclic amines) is 2. The van der Waals surface area contributed by atoms with Gasteiger partial charge in [-0.15, -0.1) is 11.3 Å². The number of piperidine rings is 2. The lowest BCUT2D eigenvalue weighted by molar-refractivity contribution is -0.897. The Kier molecular flexibility index (Phi) is 5.55. The number of hydrogen-bond acceptors (Lipinski definition) is 3. The van der Waals surface area contributed by atoms with Crippen LogP contribution in [0.25, 0.3) is 10.2 Å². The van der Waals surface area contributed by atoms with Gasteiger partial charge in [0.2, 0.25) is 0 Å². The van der Waals surface area contributed by atoms with E-state index in [-0.39, 0.29) is 0 Å². The molecular formula is C21H30N3OS+. The number of fused-ring (bicyclic) bond motifs is 1. The van der Waals surface area contributed by atoms with E-state index in [0.29, 0.717) is 24.4 Å². The van der Waals surface area contributed by atoms with E-state index in [0.717, 1.165) is 44.4 Å². The van der Waals surface area contributed by atoms with Gasteiger partial charge in [-0.2, -0.15) is 0 Å². The van der Waals surface area contributed by atoms with Crippen molar-refractivity contribution in [1.29, 1.82) is 0 Å². The van der Waals surface area contributed by atoms with E-state index in [9.17, 15) is 4.79 Å². The molecule has 0 bridgehead atoms. The number of aromatic nitrogens is 1. The van der Waals surface area contributed by atoms with Crippen LogP contribution in [0.4, 0.5) is 0 Å². The minimum absolute atomic E-state index is 0.380. The van der Waals surface area contributed by atoms with Crippen LogP contribution in [0.3, 0.4) is 0 Å². The third-order valence-corrected chi connectivity index (χ3v) is 7.37. The molecule has 2 fully saturated rings. The lowest BCUT2D eigenvalue weighted by Gasteiger charge is -2.36. The predicted octanol–water partition coefficient (Wildman–Crippen LogP) is 2.85. The van der Waals surface area contributed by atoms with Gasteiger partial charge in [0.1, 0.15) is 0 Å². The van der Waals surface area contributed by atoms with Gasteiger partial charge in [0.05, 0.1) is 28.3 Å². The molecule has 0 spiro atoms. The van der Waals surface area contributed by atoms with Crippen LogP contribution < -0.4 is 4.90 Å². The molecule has 0 saturated carbocycles. The topological polar surface area (TPSA) is 37.6 Å². The van der Waals surface area contributed by atoms with Gasteiger partial charge < -0.3 is 9.80 Å². The number of hydrogen-bond donors (Lipinski definition) is 1. The van der Waals surface area contributed by atoms with E-state index in [1.807, 2.05) is 11.3 Å². The minimum atomic E-state index is 0.380. The van der Waals surface area contributed by atoms with Crippen molar-refractivity contribution in [3.63, 3.8) is 0 Å². The Morgan fingerprint density at radius 3 is 2.81 bits per heavy atom. The summed E-state index contributed by atoms with van der Waals surface area (Å²) in [5.41, 5.74) is 1.13. The standard InChI is InChI=1S/C21H29N3OS/c1-2-17-7-5-6-12-24(17)20(25)15-23-13-10-16(11-14-23)21-22-18-8-3-4-9-19(18)26-21/h3-4,8-9,16-17H,2,5-7,10-15H2,1H3/p+1/t17-/m0/s1. The maximum Gasteiger partial charge on any atom is 0.278 e. The summed E-state index contributed by atoms with van der Waals surface area (Å²) in [6, 6.07) is 8.91. The second-order valence-electron chi connectivity index (χ2n) is 7.87. The highest BCUT2D eigenvalue weighted by Crippen LogP contribution is 2.31. The van der Waals surface area contributed by atoms with Crippen molar-refractivity contribution >= 4 is 27.5 Å². The largest absolute Gasteiger partial charge is 0.335 e. The monoisotopic (exact) mass is 372 g/mol. The third-order valence-electron chi connectivity index (χ3n) is 6.17. The molecule has 4 rings (SSSR count). The molecule has 140 valence electrons. The van der Waals surface area contributed by atoms with Crippen molar-refractivity contribution < 1.29 is 9.69 Å². The molecule has 0 unspecified atom stereocenters. The average molecular weight is 373 g/mol. The summed E-state index contributed by atoms with van der Waals surface area (Å²) in [4.78, 5) is 21.3. The summed E-state index contributed by atoms with van der Waals surface area (Å²) in [6.07, 6.45) is 7.05. The Morgan fingerprint density at radius 1 is 1.23 bits per heavy atom. The first kappa shape index (κ1) is 17.9. The zero-order chi connectivity index (χ0) is 17.9. The molecule has 3 heterocycles. The molecule has 2 saturated heterocycles. The number of nitrogens with one attached hydrogen (secondary N) is 1. The highest BCUT2D eigenvalue weighted by molar-refractivity contribution is 7.18. The van der Waals surface area contributed by atoms with Crippen LogP contribution in [-0.4, -0.2) is 48.0 Å². The van der Waals surface area contributed by atoms with E-state index >= 15 is 0 Å². The second kappa shape index (κ2) is 8.05. The Hall–Kier alpha value is -1.46. The fourth-order valence-corrected chi connectivity index (χ4v) is 5.72. The minimum Gasteiger partial charge on any atom is -0.335 e. The van der Waals surface area contributed by atoms with E-state index in [1.165, 1.54) is 33.9 Å². The normalized spacial score (nSPS) is 27.0. The summed E-state index contributed by atoms with van der Waals surface area (Å²) >= 11 is 1.85. The number of rotatable bonds is 4. The van der Waals surface area contributed by atoms with E-state index in [1.54, 1.807) is 0 Å². The van der Waals surface area contributed by atoms with Gasteiger partial charge in [-0.05, 0) is 37.8 Å². The smallest absolute Gasteiger partial charge is 0.278 e. The van der Waals surface area contributed by atoms with Crippen LogP contribution in [0, 0.1) is 0 Å². The zero-order valence-corrected chi connectivity index (χ0v) is 16.6. The fraction of sp³-hybridized carbons (Fsp3) is 0.619. The second-order valence-corrected chi connectivity index (χ2v) is 8.93. The molecule has 2 aliphatic rings. The summed E-state index contributed by atoms with van der Waals surface area (Å²) in [7, 11) is 0. The molecular weight excluding hydrogens is 342 g/mol. The molecule has 1 atom stereocenters. The van der Waals surface area contributed by atoms with Crippen LogP contribution in [0.15, 0.2) is 24.3 Å². The van der Waals surface area contributed by atoms with Crippen LogP contribution >= 0.6 is 11.3 Å². The third kappa shape index (κ3) is 3.79. The summed E-state index contributed by atoms with van der Waals surface area (Å²) in [5.74, 6) is 0.953. The van der Waals surface area contributed by atoms with Gasteiger partial charge in [-0.25, -0.2) is 4.98 Å². The van der Waals surface area contributed by atoms with Gasteiger partial charge >= 0.3 is 0 Å². The van der Waals surface area contributed by atoms with E-state index in [4.69, 9.17) is 4.98 Å². The number of amides is 1. The Morgan fingerprint density at radius 2 is 2.04 bits per heavy atom. The number of benzene rings is 1. The molecule has 4 nitrogen and oxygen atoms in total. The predicted molar refractivity (Wildman–Crippen MR) is 107 cm³/mol. The summed E-state index contributed by atoms with van der Waals surface area (Å²) in [6.45, 7) is 6.06. The molecule has 2 aromatic rings. The van der Waals surface area contributed by atoms with E-state index < -0.39 is 0 Å². The highest BCUT2D eigenvalue weighted by atomic mass is 32.1. The van der Waals surface area contributed by atoms with Crippen LogP contribution in [0.5, 0.6) is 0 Å². The Balaban J connectivity index is 1.32. The zero-order valence-electron chi connectivity index (χ0n) is 15.7. The molecule has 1 N–H and O–H groups in total. The molecule has 26 heavy (non-hydrogen) atoms. The van der Waals surface area contributed by atoms with Gasteiger partial charge in [-0.3, -0.25) is 4.79 Å². The number of nitrogens with zero attached hydrogens (tertiary/aromatic N) is 2. The number of carbonyl (C=O) groups excluding carboxylic acids is 1. The van der Waals surface area contributed by atoms with Crippen LogP contribution in [0.2, 0.25) is 0 Å². The van der Waals surface area contributed by atoms with E-state index in [2.05, 4.69) is 36.1 Å². The quantitative estimate of drug-likeness (QED) is 0.896. The van der Waals surface area contributed by atoms with Crippen molar-refractivity contribution in [2.45, 2.75) is 57.4 Å². The number of para-hydroxylation sites is 1. The molecule has 0 aliphatic carbocycles. The lowest BCUT2D eigenvalue weighted by Crippen LogP contribution is -3.14. The van der Waals surface area contributed by atoms with Crippen molar-refractivity contribution in [2.24, 2.45) is 0 Å². The molecule has 0 radical (unpaired) electrons.